The molecule has 1 N–H and O–H groups in total. The van der Waals surface area contributed by atoms with Crippen molar-refractivity contribution in [3.8, 4) is 5.75 Å². The maximum atomic E-state index is 9.48. The van der Waals surface area contributed by atoms with Crippen LogP contribution in [0.15, 0.2) is 24.3 Å². The van der Waals surface area contributed by atoms with E-state index in [1.54, 1.807) is 0 Å². The summed E-state index contributed by atoms with van der Waals surface area (Å²) in [5.41, 5.74) is 0.600. The van der Waals surface area contributed by atoms with Crippen molar-refractivity contribution in [1.82, 2.24) is 0 Å². The Bertz CT molecular complexity index is 487. The van der Waals surface area contributed by atoms with Crippen molar-refractivity contribution >= 4 is 13.3 Å². The van der Waals surface area contributed by atoms with Crippen LogP contribution in [-0.4, -0.2) is 13.2 Å². The second-order valence-electron chi connectivity index (χ2n) is 8.33. The fourth-order valence-corrected chi connectivity index (χ4v) is 8.00. The SMILES string of the molecule is CC1(C)C2CCC(C[Si](C)(C)c3ccc(O)cc3)C1C2. The summed E-state index contributed by atoms with van der Waals surface area (Å²) in [6, 6.07) is 9.43. The number of rotatable bonds is 3. The number of hydrogen-bond acceptors (Lipinski definition) is 1. The molecule has 3 saturated carbocycles. The maximum Gasteiger partial charge on any atom is 0.115 e. The minimum absolute atomic E-state index is 0.388. The van der Waals surface area contributed by atoms with Crippen molar-refractivity contribution in [3.63, 3.8) is 0 Å². The lowest BCUT2D eigenvalue weighted by atomic mass is 9.46. The van der Waals surface area contributed by atoms with Gasteiger partial charge in [0.1, 0.15) is 5.75 Å². The highest BCUT2D eigenvalue weighted by Gasteiger charge is 2.54. The predicted molar refractivity (Wildman–Crippen MR) is 88.1 cm³/mol. The van der Waals surface area contributed by atoms with E-state index >= 15 is 0 Å². The average Bonchev–Trinajstić information content (AvgIpc) is 2.38. The summed E-state index contributed by atoms with van der Waals surface area (Å²) < 4.78 is 0. The van der Waals surface area contributed by atoms with E-state index in [2.05, 4.69) is 39.1 Å². The van der Waals surface area contributed by atoms with Gasteiger partial charge in [0.15, 0.2) is 0 Å². The highest BCUT2D eigenvalue weighted by molar-refractivity contribution is 6.89. The third-order valence-corrected chi connectivity index (χ3v) is 9.86. The van der Waals surface area contributed by atoms with Gasteiger partial charge in [0, 0.05) is 0 Å². The van der Waals surface area contributed by atoms with Crippen LogP contribution in [0.25, 0.3) is 0 Å². The molecule has 20 heavy (non-hydrogen) atoms. The van der Waals surface area contributed by atoms with Gasteiger partial charge in [-0.05, 0) is 48.1 Å². The molecule has 1 nitrogen and oxygen atoms in total. The number of fused-ring (bicyclic) bond motifs is 2. The van der Waals surface area contributed by atoms with Gasteiger partial charge in [-0.1, -0.05) is 56.7 Å². The van der Waals surface area contributed by atoms with E-state index in [0.29, 0.717) is 11.2 Å². The van der Waals surface area contributed by atoms with Crippen molar-refractivity contribution in [2.75, 3.05) is 0 Å². The van der Waals surface area contributed by atoms with E-state index in [-0.39, 0.29) is 0 Å². The zero-order chi connectivity index (χ0) is 14.5. The molecule has 0 aliphatic heterocycles. The van der Waals surface area contributed by atoms with Crippen molar-refractivity contribution in [2.45, 2.75) is 52.2 Å². The lowest BCUT2D eigenvalue weighted by molar-refractivity contribution is -0.0990. The molecular weight excluding hydrogens is 260 g/mol. The molecule has 3 atom stereocenters. The van der Waals surface area contributed by atoms with Gasteiger partial charge in [0.2, 0.25) is 0 Å². The van der Waals surface area contributed by atoms with Crippen molar-refractivity contribution in [2.24, 2.45) is 23.2 Å². The Morgan fingerprint density at radius 2 is 1.80 bits per heavy atom. The van der Waals surface area contributed by atoms with E-state index in [1.165, 1.54) is 30.5 Å². The molecule has 3 aliphatic rings. The first kappa shape index (κ1) is 14.2. The van der Waals surface area contributed by atoms with Gasteiger partial charge in [0.05, 0.1) is 8.07 Å². The Kier molecular flexibility index (Phi) is 3.28. The van der Waals surface area contributed by atoms with Gasteiger partial charge < -0.3 is 5.11 Å². The summed E-state index contributed by atoms with van der Waals surface area (Å²) in [5.74, 6) is 3.29. The fraction of sp³-hybridized carbons (Fsp3) is 0.667. The van der Waals surface area contributed by atoms with Crippen molar-refractivity contribution in [1.29, 1.82) is 0 Å². The quantitative estimate of drug-likeness (QED) is 0.818. The number of hydrogen-bond donors (Lipinski definition) is 1. The van der Waals surface area contributed by atoms with Crippen LogP contribution in [0.5, 0.6) is 5.75 Å². The molecule has 0 spiro atoms. The molecule has 2 bridgehead atoms. The molecule has 3 aliphatic carbocycles. The lowest BCUT2D eigenvalue weighted by Crippen LogP contribution is -2.55. The minimum Gasteiger partial charge on any atom is -0.508 e. The van der Waals surface area contributed by atoms with E-state index in [1.807, 2.05) is 12.1 Å². The van der Waals surface area contributed by atoms with Gasteiger partial charge >= 0.3 is 0 Å². The van der Waals surface area contributed by atoms with Crippen molar-refractivity contribution < 1.29 is 5.11 Å². The summed E-state index contributed by atoms with van der Waals surface area (Å²) in [4.78, 5) is 0. The lowest BCUT2D eigenvalue weighted by Gasteiger charge is -2.61. The van der Waals surface area contributed by atoms with E-state index < -0.39 is 8.07 Å². The predicted octanol–water partition coefficient (Wildman–Crippen LogP) is 4.38. The van der Waals surface area contributed by atoms with Crippen LogP contribution in [0.1, 0.15) is 33.1 Å². The largest absolute Gasteiger partial charge is 0.508 e. The van der Waals surface area contributed by atoms with Crippen LogP contribution in [0.4, 0.5) is 0 Å². The molecule has 0 radical (unpaired) electrons. The standard InChI is InChI=1S/C18H28OSi/c1-18(2)14-6-5-13(17(18)11-14)12-20(3,4)16-9-7-15(19)8-10-16/h7-10,13-14,17,19H,5-6,11-12H2,1-4H3. The highest BCUT2D eigenvalue weighted by Crippen LogP contribution is 2.62. The topological polar surface area (TPSA) is 20.2 Å². The van der Waals surface area contributed by atoms with Crippen LogP contribution in [0.2, 0.25) is 19.1 Å². The monoisotopic (exact) mass is 288 g/mol. The number of phenols is 1. The Morgan fingerprint density at radius 1 is 1.15 bits per heavy atom. The summed E-state index contributed by atoms with van der Waals surface area (Å²) >= 11 is 0. The van der Waals surface area contributed by atoms with Gasteiger partial charge in [-0.3, -0.25) is 0 Å². The third kappa shape index (κ3) is 2.22. The average molecular weight is 289 g/mol. The summed E-state index contributed by atoms with van der Waals surface area (Å²) in [6.07, 6.45) is 4.39. The summed E-state index contributed by atoms with van der Waals surface area (Å²) in [6.45, 7) is 9.98. The molecule has 1 aromatic carbocycles. The molecule has 4 rings (SSSR count). The second-order valence-corrected chi connectivity index (χ2v) is 13.1. The Labute approximate surface area is 124 Å². The van der Waals surface area contributed by atoms with Crippen LogP contribution in [0, 0.1) is 23.2 Å². The molecule has 0 heterocycles. The molecule has 0 saturated heterocycles. The Balaban J connectivity index is 1.75. The summed E-state index contributed by atoms with van der Waals surface area (Å²) in [7, 11) is -1.38. The van der Waals surface area contributed by atoms with Crippen LogP contribution in [-0.2, 0) is 0 Å². The van der Waals surface area contributed by atoms with Gasteiger partial charge in [-0.25, -0.2) is 0 Å². The highest BCUT2D eigenvalue weighted by atomic mass is 28.3. The first-order valence-electron chi connectivity index (χ1n) is 8.10. The number of phenolic OH excluding ortho intramolecular Hbond substituents is 1. The van der Waals surface area contributed by atoms with E-state index in [0.717, 1.165) is 17.8 Å². The fourth-order valence-electron chi connectivity index (χ4n) is 4.89. The van der Waals surface area contributed by atoms with E-state index in [9.17, 15) is 5.11 Å². The first-order chi connectivity index (χ1) is 9.30. The number of aromatic hydroxyl groups is 1. The molecule has 0 aromatic heterocycles. The third-order valence-electron chi connectivity index (χ3n) is 6.42. The zero-order valence-electron chi connectivity index (χ0n) is 13.3. The van der Waals surface area contributed by atoms with Gasteiger partial charge in [-0.2, -0.15) is 0 Å². The zero-order valence-corrected chi connectivity index (χ0v) is 14.3. The normalized spacial score (nSPS) is 31.7. The molecular formula is C18H28OSi. The van der Waals surface area contributed by atoms with Crippen LogP contribution < -0.4 is 5.19 Å². The van der Waals surface area contributed by atoms with Gasteiger partial charge in [-0.15, -0.1) is 0 Å². The van der Waals surface area contributed by atoms with Crippen LogP contribution in [0.3, 0.4) is 0 Å². The van der Waals surface area contributed by atoms with Crippen molar-refractivity contribution in [3.05, 3.63) is 24.3 Å². The molecule has 110 valence electrons. The summed E-state index contributed by atoms with van der Waals surface area (Å²) in [5, 5.41) is 11.0. The second kappa shape index (κ2) is 4.62. The molecule has 0 amide bonds. The Hall–Kier alpha value is -0.763. The molecule has 1 aromatic rings. The molecule has 2 heteroatoms. The Morgan fingerprint density at radius 3 is 2.35 bits per heavy atom. The number of benzene rings is 1. The molecule has 3 fully saturated rings. The molecule has 3 unspecified atom stereocenters. The maximum absolute atomic E-state index is 9.48. The first-order valence-corrected chi connectivity index (χ1v) is 11.3. The van der Waals surface area contributed by atoms with Gasteiger partial charge in [0.25, 0.3) is 0 Å². The minimum atomic E-state index is -1.38. The smallest absolute Gasteiger partial charge is 0.115 e. The van der Waals surface area contributed by atoms with E-state index in [4.69, 9.17) is 0 Å². The van der Waals surface area contributed by atoms with Crippen LogP contribution >= 0.6 is 0 Å².